The Morgan fingerprint density at radius 2 is 1.42 bits per heavy atom. The number of halogens is 1. The maximum Gasteiger partial charge on any atom is 0.103 e. The molecule has 0 nitrogen and oxygen atoms in total. The first-order chi connectivity index (χ1) is 11.7. The first-order valence-electron chi connectivity index (χ1n) is 10.9. The number of rotatable bonds is 4. The van der Waals surface area contributed by atoms with Gasteiger partial charge in [-0.3, -0.25) is 0 Å². The molecule has 3 saturated carbocycles. The lowest BCUT2D eigenvalue weighted by Gasteiger charge is -2.42. The predicted molar refractivity (Wildman–Crippen MR) is 102 cm³/mol. The van der Waals surface area contributed by atoms with Gasteiger partial charge < -0.3 is 0 Å². The first kappa shape index (κ1) is 18.5. The van der Waals surface area contributed by atoms with Crippen molar-refractivity contribution in [3.8, 4) is 0 Å². The summed E-state index contributed by atoms with van der Waals surface area (Å²) in [6.45, 7) is 4.50. The quantitative estimate of drug-likeness (QED) is 0.472. The molecule has 0 radical (unpaired) electrons. The molecule has 0 aromatic carbocycles. The van der Waals surface area contributed by atoms with Crippen LogP contribution in [0.3, 0.4) is 0 Å². The predicted octanol–water partition coefficient (Wildman–Crippen LogP) is 7.34. The molecule has 0 aliphatic heterocycles. The molecule has 0 spiro atoms. The van der Waals surface area contributed by atoms with Crippen LogP contribution in [0.4, 0.5) is 4.39 Å². The second kappa shape index (κ2) is 8.86. The van der Waals surface area contributed by atoms with Gasteiger partial charge in [0.05, 0.1) is 0 Å². The monoisotopic (exact) mass is 334 g/mol. The molecule has 0 N–H and O–H groups in total. The van der Waals surface area contributed by atoms with Crippen molar-refractivity contribution in [2.24, 2.45) is 35.5 Å². The Labute approximate surface area is 149 Å². The van der Waals surface area contributed by atoms with Gasteiger partial charge in [-0.2, -0.15) is 0 Å². The molecule has 3 unspecified atom stereocenters. The fourth-order valence-corrected chi connectivity index (χ4v) is 6.07. The summed E-state index contributed by atoms with van der Waals surface area (Å²) in [5.41, 5.74) is 0. The van der Waals surface area contributed by atoms with Gasteiger partial charge in [-0.15, -0.1) is 0 Å². The van der Waals surface area contributed by atoms with E-state index in [9.17, 15) is 0 Å². The van der Waals surface area contributed by atoms with E-state index in [1.54, 1.807) is 0 Å². The summed E-state index contributed by atoms with van der Waals surface area (Å²) in [5.74, 6) is 4.42. The minimum Gasteiger partial charge on any atom is -0.247 e. The first-order valence-corrected chi connectivity index (χ1v) is 10.9. The fourth-order valence-electron chi connectivity index (χ4n) is 6.07. The van der Waals surface area contributed by atoms with E-state index in [0.717, 1.165) is 24.2 Å². The smallest absolute Gasteiger partial charge is 0.103 e. The maximum absolute atomic E-state index is 15.0. The van der Waals surface area contributed by atoms with Crippen LogP contribution in [-0.2, 0) is 0 Å². The van der Waals surface area contributed by atoms with Crippen LogP contribution < -0.4 is 0 Å². The van der Waals surface area contributed by atoms with Gasteiger partial charge in [0.2, 0.25) is 0 Å². The molecular formula is C23H39F. The van der Waals surface area contributed by atoms with Crippen LogP contribution in [0.15, 0.2) is 12.2 Å². The van der Waals surface area contributed by atoms with Crippen molar-refractivity contribution in [2.45, 2.75) is 97.1 Å². The number of hydrogen-bond donors (Lipinski definition) is 0. The Kier molecular flexibility index (Phi) is 6.81. The van der Waals surface area contributed by atoms with E-state index < -0.39 is 6.17 Å². The second-order valence-corrected chi connectivity index (χ2v) is 9.36. The highest BCUT2D eigenvalue weighted by molar-refractivity contribution is 4.91. The van der Waals surface area contributed by atoms with Crippen LogP contribution in [0, 0.1) is 35.5 Å². The highest BCUT2D eigenvalue weighted by atomic mass is 19.1. The Hall–Kier alpha value is -0.330. The number of hydrogen-bond acceptors (Lipinski definition) is 0. The van der Waals surface area contributed by atoms with Gasteiger partial charge in [0, 0.05) is 0 Å². The molecule has 0 heterocycles. The van der Waals surface area contributed by atoms with Crippen molar-refractivity contribution >= 4 is 0 Å². The van der Waals surface area contributed by atoms with Gasteiger partial charge in [0.25, 0.3) is 0 Å². The maximum atomic E-state index is 15.0. The molecule has 0 aromatic rings. The summed E-state index contributed by atoms with van der Waals surface area (Å²) in [7, 11) is 0. The van der Waals surface area contributed by atoms with Crippen LogP contribution in [-0.4, -0.2) is 6.17 Å². The third kappa shape index (κ3) is 4.64. The SMILES string of the molecule is C/C=C/CC1CCC(C2CCC(C3CCC(C)CC3)CC2F)CC1. The Morgan fingerprint density at radius 3 is 2.04 bits per heavy atom. The Bertz CT molecular complexity index is 385. The standard InChI is InChI=1S/C23H39F/c1-3-4-5-18-8-12-20(13-9-18)22-15-14-21(16-23(22)24)19-10-6-17(2)7-11-19/h3-4,17-23H,5-16H2,1-2H3/b4-3+. The van der Waals surface area contributed by atoms with E-state index in [0.29, 0.717) is 17.8 Å². The zero-order valence-corrected chi connectivity index (χ0v) is 16.1. The van der Waals surface area contributed by atoms with Crippen LogP contribution in [0.25, 0.3) is 0 Å². The zero-order chi connectivity index (χ0) is 16.9. The highest BCUT2D eigenvalue weighted by Crippen LogP contribution is 2.47. The summed E-state index contributed by atoms with van der Waals surface area (Å²) >= 11 is 0. The lowest BCUT2D eigenvalue weighted by Crippen LogP contribution is -2.36. The largest absolute Gasteiger partial charge is 0.247 e. The van der Waals surface area contributed by atoms with Crippen molar-refractivity contribution in [2.75, 3.05) is 0 Å². The summed E-state index contributed by atoms with van der Waals surface area (Å²) in [6.07, 6.45) is 19.4. The fraction of sp³-hybridized carbons (Fsp3) is 0.913. The van der Waals surface area contributed by atoms with E-state index in [4.69, 9.17) is 0 Å². The van der Waals surface area contributed by atoms with Gasteiger partial charge in [0.15, 0.2) is 0 Å². The summed E-state index contributed by atoms with van der Waals surface area (Å²) in [6, 6.07) is 0. The van der Waals surface area contributed by atoms with Crippen molar-refractivity contribution in [1.82, 2.24) is 0 Å². The molecule has 3 aliphatic carbocycles. The summed E-state index contributed by atoms with van der Waals surface area (Å²) in [5, 5.41) is 0. The number of alkyl halides is 1. The lowest BCUT2D eigenvalue weighted by molar-refractivity contribution is 0.0341. The van der Waals surface area contributed by atoms with E-state index in [2.05, 4.69) is 26.0 Å². The van der Waals surface area contributed by atoms with E-state index in [1.165, 1.54) is 70.6 Å². The zero-order valence-electron chi connectivity index (χ0n) is 16.1. The van der Waals surface area contributed by atoms with Gasteiger partial charge in [-0.25, -0.2) is 4.39 Å². The van der Waals surface area contributed by atoms with Crippen molar-refractivity contribution in [3.63, 3.8) is 0 Å². The molecule has 24 heavy (non-hydrogen) atoms. The van der Waals surface area contributed by atoms with Crippen LogP contribution >= 0.6 is 0 Å². The molecule has 3 fully saturated rings. The molecule has 3 rings (SSSR count). The minimum atomic E-state index is -0.500. The third-order valence-corrected chi connectivity index (χ3v) is 7.79. The second-order valence-electron chi connectivity index (χ2n) is 9.36. The van der Waals surface area contributed by atoms with Crippen LogP contribution in [0.5, 0.6) is 0 Å². The average Bonchev–Trinajstić information content (AvgIpc) is 2.61. The van der Waals surface area contributed by atoms with E-state index >= 15 is 4.39 Å². The number of allylic oxidation sites excluding steroid dienone is 2. The Morgan fingerprint density at radius 1 is 0.792 bits per heavy atom. The molecular weight excluding hydrogens is 295 g/mol. The normalized spacial score (nSPS) is 44.7. The van der Waals surface area contributed by atoms with E-state index in [-0.39, 0.29) is 0 Å². The Balaban J connectivity index is 1.44. The van der Waals surface area contributed by atoms with Crippen molar-refractivity contribution in [1.29, 1.82) is 0 Å². The van der Waals surface area contributed by atoms with Crippen LogP contribution in [0.1, 0.15) is 90.9 Å². The third-order valence-electron chi connectivity index (χ3n) is 7.79. The van der Waals surface area contributed by atoms with Crippen LogP contribution in [0.2, 0.25) is 0 Å². The van der Waals surface area contributed by atoms with Gasteiger partial charge in [0.1, 0.15) is 6.17 Å². The molecule has 1 heteroatoms. The molecule has 0 amide bonds. The van der Waals surface area contributed by atoms with Gasteiger partial charge in [-0.1, -0.05) is 31.9 Å². The molecule has 0 bridgehead atoms. The molecule has 0 aromatic heterocycles. The minimum absolute atomic E-state index is 0.395. The van der Waals surface area contributed by atoms with Crippen molar-refractivity contribution in [3.05, 3.63) is 12.2 Å². The molecule has 3 atom stereocenters. The average molecular weight is 335 g/mol. The molecule has 0 saturated heterocycles. The van der Waals surface area contributed by atoms with Crippen molar-refractivity contribution < 1.29 is 4.39 Å². The molecule has 3 aliphatic rings. The van der Waals surface area contributed by atoms with Gasteiger partial charge in [-0.05, 0) is 107 Å². The summed E-state index contributed by atoms with van der Waals surface area (Å²) < 4.78 is 15.0. The summed E-state index contributed by atoms with van der Waals surface area (Å²) in [4.78, 5) is 0. The van der Waals surface area contributed by atoms with E-state index in [1.807, 2.05) is 0 Å². The highest BCUT2D eigenvalue weighted by Gasteiger charge is 2.39. The lowest BCUT2D eigenvalue weighted by atomic mass is 9.64. The molecule has 138 valence electrons. The topological polar surface area (TPSA) is 0 Å². The van der Waals surface area contributed by atoms with Gasteiger partial charge >= 0.3 is 0 Å².